The Morgan fingerprint density at radius 2 is 2.29 bits per heavy atom. The second-order valence-electron chi connectivity index (χ2n) is 3.30. The minimum atomic E-state index is 1.05. The molecule has 0 saturated heterocycles. The highest BCUT2D eigenvalue weighted by Gasteiger charge is 1.83. The quantitative estimate of drug-likeness (QED) is 0.690. The molecule has 1 aromatic rings. The first-order valence-electron chi connectivity index (χ1n) is 5.02. The molecule has 1 rings (SSSR count). The Morgan fingerprint density at radius 1 is 1.50 bits per heavy atom. The standard InChI is InChI=1S/C13H17N/c1-4-11(3)8-9-12-7-6-10-14-13(12)5-2/h5-10H,4H2,1-3H3/b11-8+,12-9-,13-5+. The number of nitrogens with zero attached hydrogens (tertiary/aromatic N) is 1. The van der Waals surface area contributed by atoms with Gasteiger partial charge in [-0.2, -0.15) is 0 Å². The van der Waals surface area contributed by atoms with E-state index in [9.17, 15) is 0 Å². The molecule has 0 fully saturated rings. The van der Waals surface area contributed by atoms with Gasteiger partial charge in [-0.05, 0) is 31.6 Å². The van der Waals surface area contributed by atoms with E-state index in [2.05, 4.69) is 37.0 Å². The van der Waals surface area contributed by atoms with Crippen LogP contribution in [0.15, 0.2) is 30.0 Å². The lowest BCUT2D eigenvalue weighted by Gasteiger charge is -1.90. The summed E-state index contributed by atoms with van der Waals surface area (Å²) in [6, 6.07) is 4.05. The summed E-state index contributed by atoms with van der Waals surface area (Å²) in [5, 5.41) is 2.23. The molecular weight excluding hydrogens is 170 g/mol. The maximum Gasteiger partial charge on any atom is 0.0659 e. The van der Waals surface area contributed by atoms with E-state index < -0.39 is 0 Å². The minimum Gasteiger partial charge on any atom is -0.257 e. The van der Waals surface area contributed by atoms with Crippen LogP contribution in [0, 0.1) is 0 Å². The van der Waals surface area contributed by atoms with Crippen molar-refractivity contribution >= 4 is 12.2 Å². The summed E-state index contributed by atoms with van der Waals surface area (Å²) < 4.78 is 0. The van der Waals surface area contributed by atoms with Crippen LogP contribution >= 0.6 is 0 Å². The average molecular weight is 187 g/mol. The smallest absolute Gasteiger partial charge is 0.0659 e. The highest BCUT2D eigenvalue weighted by molar-refractivity contribution is 5.39. The Balaban J connectivity index is 3.20. The lowest BCUT2D eigenvalue weighted by atomic mass is 10.2. The van der Waals surface area contributed by atoms with Gasteiger partial charge in [0.1, 0.15) is 0 Å². The molecule has 0 spiro atoms. The monoisotopic (exact) mass is 187 g/mol. The van der Waals surface area contributed by atoms with Gasteiger partial charge in [0.05, 0.1) is 5.35 Å². The zero-order valence-electron chi connectivity index (χ0n) is 9.12. The van der Waals surface area contributed by atoms with E-state index in [1.54, 1.807) is 0 Å². The van der Waals surface area contributed by atoms with Gasteiger partial charge in [0.25, 0.3) is 0 Å². The molecule has 0 aliphatic rings. The van der Waals surface area contributed by atoms with E-state index in [0.717, 1.165) is 11.8 Å². The van der Waals surface area contributed by atoms with Gasteiger partial charge in [0, 0.05) is 6.20 Å². The second-order valence-corrected chi connectivity index (χ2v) is 3.30. The van der Waals surface area contributed by atoms with Gasteiger partial charge >= 0.3 is 0 Å². The van der Waals surface area contributed by atoms with E-state index in [-0.39, 0.29) is 0 Å². The molecule has 0 atom stereocenters. The fourth-order valence-corrected chi connectivity index (χ4v) is 1.16. The molecule has 74 valence electrons. The van der Waals surface area contributed by atoms with E-state index in [0.29, 0.717) is 0 Å². The van der Waals surface area contributed by atoms with Gasteiger partial charge in [-0.25, -0.2) is 0 Å². The summed E-state index contributed by atoms with van der Waals surface area (Å²) in [6.45, 7) is 6.31. The van der Waals surface area contributed by atoms with Gasteiger partial charge < -0.3 is 0 Å². The van der Waals surface area contributed by atoms with Crippen molar-refractivity contribution in [1.29, 1.82) is 0 Å². The zero-order valence-corrected chi connectivity index (χ0v) is 9.12. The highest BCUT2D eigenvalue weighted by atomic mass is 14.6. The molecule has 0 aliphatic heterocycles. The summed E-state index contributed by atoms with van der Waals surface area (Å²) in [6.07, 6.45) is 9.23. The normalized spacial score (nSPS) is 14.9. The van der Waals surface area contributed by atoms with Crippen molar-refractivity contribution in [2.45, 2.75) is 27.2 Å². The van der Waals surface area contributed by atoms with E-state index >= 15 is 0 Å². The Hall–Kier alpha value is -1.37. The molecule has 0 radical (unpaired) electrons. The first-order chi connectivity index (χ1) is 6.77. The number of pyridine rings is 1. The van der Waals surface area contributed by atoms with Crippen molar-refractivity contribution in [1.82, 2.24) is 4.98 Å². The van der Waals surface area contributed by atoms with Gasteiger partial charge in [0.2, 0.25) is 0 Å². The number of hydrogen-bond donors (Lipinski definition) is 0. The van der Waals surface area contributed by atoms with Crippen LogP contribution in [-0.4, -0.2) is 4.98 Å². The second kappa shape index (κ2) is 5.38. The van der Waals surface area contributed by atoms with Crippen molar-refractivity contribution in [3.8, 4) is 0 Å². The molecule has 0 aliphatic carbocycles. The van der Waals surface area contributed by atoms with Crippen molar-refractivity contribution in [3.05, 3.63) is 40.5 Å². The van der Waals surface area contributed by atoms with Crippen LogP contribution in [-0.2, 0) is 0 Å². The summed E-state index contributed by atoms with van der Waals surface area (Å²) in [5.74, 6) is 0. The van der Waals surface area contributed by atoms with Crippen LogP contribution in [0.5, 0.6) is 0 Å². The number of allylic oxidation sites excluding steroid dienone is 2. The SMILES string of the molecule is C/C=c1/nccc/c1=C/C=C(\C)CC. The van der Waals surface area contributed by atoms with E-state index in [1.165, 1.54) is 10.8 Å². The fraction of sp³-hybridized carbons (Fsp3) is 0.308. The molecule has 1 aromatic heterocycles. The molecule has 1 nitrogen and oxygen atoms in total. The molecule has 0 saturated carbocycles. The lowest BCUT2D eigenvalue weighted by molar-refractivity contribution is 1.10. The number of rotatable bonds is 2. The summed E-state index contributed by atoms with van der Waals surface area (Å²) in [7, 11) is 0. The molecule has 0 unspecified atom stereocenters. The predicted molar refractivity (Wildman–Crippen MR) is 62.1 cm³/mol. The van der Waals surface area contributed by atoms with Crippen molar-refractivity contribution < 1.29 is 0 Å². The molecule has 14 heavy (non-hydrogen) atoms. The van der Waals surface area contributed by atoms with Gasteiger partial charge in [-0.1, -0.05) is 36.8 Å². The Kier molecular flexibility index (Phi) is 4.11. The third-order valence-corrected chi connectivity index (χ3v) is 2.25. The topological polar surface area (TPSA) is 12.9 Å². The van der Waals surface area contributed by atoms with Crippen LogP contribution in [0.25, 0.3) is 12.2 Å². The highest BCUT2D eigenvalue weighted by Crippen LogP contribution is 1.96. The molecule has 0 N–H and O–H groups in total. The summed E-state index contributed by atoms with van der Waals surface area (Å²) in [4.78, 5) is 4.28. The molecule has 1 heterocycles. The molecule has 1 heteroatoms. The largest absolute Gasteiger partial charge is 0.257 e. The maximum absolute atomic E-state index is 4.28. The third-order valence-electron chi connectivity index (χ3n) is 2.25. The fourth-order valence-electron chi connectivity index (χ4n) is 1.16. The zero-order chi connectivity index (χ0) is 10.4. The minimum absolute atomic E-state index is 1.05. The molecular formula is C13H17N. The molecule has 0 amide bonds. The first kappa shape index (κ1) is 10.7. The summed E-state index contributed by atoms with van der Waals surface area (Å²) in [5.41, 5.74) is 1.39. The first-order valence-corrected chi connectivity index (χ1v) is 5.02. The van der Waals surface area contributed by atoms with Crippen molar-refractivity contribution in [3.63, 3.8) is 0 Å². The van der Waals surface area contributed by atoms with E-state index in [4.69, 9.17) is 0 Å². The average Bonchev–Trinajstić information content (AvgIpc) is 2.26. The van der Waals surface area contributed by atoms with Crippen LogP contribution < -0.4 is 10.6 Å². The lowest BCUT2D eigenvalue weighted by Crippen LogP contribution is -2.26. The predicted octanol–water partition coefficient (Wildman–Crippen LogP) is 2.02. The van der Waals surface area contributed by atoms with Gasteiger partial charge in [0.15, 0.2) is 0 Å². The molecule has 0 bridgehead atoms. The maximum atomic E-state index is 4.28. The van der Waals surface area contributed by atoms with Gasteiger partial charge in [-0.15, -0.1) is 0 Å². The van der Waals surface area contributed by atoms with Crippen molar-refractivity contribution in [2.24, 2.45) is 0 Å². The van der Waals surface area contributed by atoms with Crippen LogP contribution in [0.4, 0.5) is 0 Å². The Labute approximate surface area is 85.5 Å². The van der Waals surface area contributed by atoms with Gasteiger partial charge in [-0.3, -0.25) is 4.98 Å². The number of aromatic nitrogens is 1. The Morgan fingerprint density at radius 3 is 2.93 bits per heavy atom. The summed E-state index contributed by atoms with van der Waals surface area (Å²) >= 11 is 0. The molecule has 0 aromatic carbocycles. The van der Waals surface area contributed by atoms with Crippen LogP contribution in [0.2, 0.25) is 0 Å². The van der Waals surface area contributed by atoms with Crippen molar-refractivity contribution in [2.75, 3.05) is 0 Å². The Bertz CT molecular complexity index is 427. The van der Waals surface area contributed by atoms with Crippen LogP contribution in [0.1, 0.15) is 27.2 Å². The van der Waals surface area contributed by atoms with Crippen LogP contribution in [0.3, 0.4) is 0 Å². The van der Waals surface area contributed by atoms with E-state index in [1.807, 2.05) is 25.3 Å². The number of hydrogen-bond acceptors (Lipinski definition) is 1. The third kappa shape index (κ3) is 2.84.